The van der Waals surface area contributed by atoms with Crippen LogP contribution in [0.1, 0.15) is 38.4 Å². The van der Waals surface area contributed by atoms with Gasteiger partial charge in [0, 0.05) is 38.8 Å². The number of hydrogen-bond donors (Lipinski definition) is 0. The van der Waals surface area contributed by atoms with Gasteiger partial charge in [0.2, 0.25) is 10.0 Å². The van der Waals surface area contributed by atoms with Gasteiger partial charge in [-0.2, -0.15) is 9.40 Å². The molecule has 2 fully saturated rings. The minimum Gasteiger partial charge on any atom is -0.317 e. The Morgan fingerprint density at radius 2 is 2.08 bits per heavy atom. The van der Waals surface area contributed by atoms with E-state index in [1.807, 2.05) is 13.3 Å². The topological polar surface area (TPSA) is 85.9 Å². The average molecular weight is 379 g/mol. The normalized spacial score (nSPS) is 22.0. The van der Waals surface area contributed by atoms with Crippen LogP contribution in [0.15, 0.2) is 23.6 Å². The summed E-state index contributed by atoms with van der Waals surface area (Å²) in [6.07, 6.45) is 10.1. The van der Waals surface area contributed by atoms with Gasteiger partial charge in [0.1, 0.15) is 17.0 Å². The van der Waals surface area contributed by atoms with E-state index < -0.39 is 10.0 Å². The number of aryl methyl sites for hydroxylation is 1. The number of rotatable bonds is 7. The highest BCUT2D eigenvalue weighted by Gasteiger charge is 2.32. The summed E-state index contributed by atoms with van der Waals surface area (Å²) in [6, 6.07) is 0. The summed E-state index contributed by atoms with van der Waals surface area (Å²) in [5, 5.41) is 12.5. The molecule has 1 unspecified atom stereocenters. The highest BCUT2D eigenvalue weighted by Crippen LogP contribution is 2.31. The van der Waals surface area contributed by atoms with Crippen LogP contribution in [0.2, 0.25) is 0 Å². The van der Waals surface area contributed by atoms with Gasteiger partial charge < -0.3 is 4.57 Å². The van der Waals surface area contributed by atoms with Crippen LogP contribution >= 0.6 is 0 Å². The van der Waals surface area contributed by atoms with Gasteiger partial charge in [-0.15, -0.1) is 10.2 Å². The van der Waals surface area contributed by atoms with Gasteiger partial charge in [-0.3, -0.25) is 4.68 Å². The Labute approximate surface area is 154 Å². The maximum absolute atomic E-state index is 12.9. The van der Waals surface area contributed by atoms with Crippen molar-refractivity contribution < 1.29 is 8.42 Å². The quantitative estimate of drug-likeness (QED) is 0.730. The van der Waals surface area contributed by atoms with Crippen molar-refractivity contribution in [1.82, 2.24) is 28.9 Å². The Hall–Kier alpha value is -1.74. The van der Waals surface area contributed by atoms with E-state index in [-0.39, 0.29) is 10.8 Å². The fraction of sp³-hybridized carbons (Fsp3) is 0.706. The molecule has 142 valence electrons. The first-order chi connectivity index (χ1) is 12.6. The van der Waals surface area contributed by atoms with Gasteiger partial charge in [0.25, 0.3) is 0 Å². The molecule has 8 nitrogen and oxygen atoms in total. The average Bonchev–Trinajstić information content (AvgIpc) is 3.14. The van der Waals surface area contributed by atoms with Gasteiger partial charge in [0.05, 0.1) is 6.20 Å². The number of nitrogens with zero attached hydrogens (tertiary/aromatic N) is 6. The maximum atomic E-state index is 12.9. The Morgan fingerprint density at radius 3 is 2.81 bits per heavy atom. The lowest BCUT2D eigenvalue weighted by Crippen LogP contribution is -2.40. The third-order valence-corrected chi connectivity index (χ3v) is 7.19. The standard InChI is InChI=1S/C17H26N6O2S/c1-2-22-12-16(9-19-22)26(24,25)23-7-3-4-15(11-23)8-17-20-18-13-21(17)10-14-5-6-14/h9,12-15H,2-8,10-11H2,1H3. The van der Waals surface area contributed by atoms with Crippen molar-refractivity contribution in [2.24, 2.45) is 11.8 Å². The molecule has 1 saturated carbocycles. The number of aromatic nitrogens is 5. The highest BCUT2D eigenvalue weighted by molar-refractivity contribution is 7.89. The lowest BCUT2D eigenvalue weighted by Gasteiger charge is -2.31. The fourth-order valence-corrected chi connectivity index (χ4v) is 5.15. The minimum absolute atomic E-state index is 0.280. The summed E-state index contributed by atoms with van der Waals surface area (Å²) < 4.78 is 31.3. The molecular formula is C17H26N6O2S. The summed E-state index contributed by atoms with van der Waals surface area (Å²) >= 11 is 0. The largest absolute Gasteiger partial charge is 0.317 e. The van der Waals surface area contributed by atoms with Crippen molar-refractivity contribution in [3.05, 3.63) is 24.5 Å². The molecule has 3 heterocycles. The summed E-state index contributed by atoms with van der Waals surface area (Å²) in [6.45, 7) is 4.71. The lowest BCUT2D eigenvalue weighted by atomic mass is 9.96. The molecule has 1 aliphatic carbocycles. The molecular weight excluding hydrogens is 352 g/mol. The van der Waals surface area contributed by atoms with Crippen LogP contribution in [0.5, 0.6) is 0 Å². The van der Waals surface area contributed by atoms with Crippen molar-refractivity contribution in [3.63, 3.8) is 0 Å². The smallest absolute Gasteiger partial charge is 0.246 e. The maximum Gasteiger partial charge on any atom is 0.246 e. The molecule has 26 heavy (non-hydrogen) atoms. The van der Waals surface area contributed by atoms with E-state index in [4.69, 9.17) is 0 Å². The lowest BCUT2D eigenvalue weighted by molar-refractivity contribution is 0.261. The van der Waals surface area contributed by atoms with Gasteiger partial charge in [-0.05, 0) is 44.4 Å². The first-order valence-corrected chi connectivity index (χ1v) is 10.9. The second-order valence-corrected chi connectivity index (χ2v) is 9.39. The molecule has 1 atom stereocenters. The first kappa shape index (κ1) is 17.7. The van der Waals surface area contributed by atoms with E-state index in [2.05, 4.69) is 19.9 Å². The Bertz CT molecular complexity index is 854. The number of sulfonamides is 1. The van der Waals surface area contributed by atoms with Crippen LogP contribution in [-0.4, -0.2) is 50.4 Å². The second kappa shape index (κ2) is 7.11. The zero-order valence-electron chi connectivity index (χ0n) is 15.2. The SMILES string of the molecule is CCn1cc(S(=O)(=O)N2CCCC(Cc3nncn3CC3CC3)C2)cn1. The van der Waals surface area contributed by atoms with Gasteiger partial charge in [-0.25, -0.2) is 8.42 Å². The molecule has 0 amide bonds. The molecule has 2 aromatic rings. The molecule has 0 radical (unpaired) electrons. The second-order valence-electron chi connectivity index (χ2n) is 7.45. The Kier molecular flexibility index (Phi) is 4.83. The molecule has 1 saturated heterocycles. The van der Waals surface area contributed by atoms with Crippen LogP contribution in [0.25, 0.3) is 0 Å². The Morgan fingerprint density at radius 1 is 1.23 bits per heavy atom. The van der Waals surface area contributed by atoms with Gasteiger partial charge >= 0.3 is 0 Å². The summed E-state index contributed by atoms with van der Waals surface area (Å²) in [5.41, 5.74) is 0. The molecule has 0 bridgehead atoms. The third-order valence-electron chi connectivity index (χ3n) is 5.37. The molecule has 2 aromatic heterocycles. The number of hydrogen-bond acceptors (Lipinski definition) is 5. The fourth-order valence-electron chi connectivity index (χ4n) is 3.64. The third kappa shape index (κ3) is 3.68. The monoisotopic (exact) mass is 378 g/mol. The zero-order valence-corrected chi connectivity index (χ0v) is 16.0. The van der Waals surface area contributed by atoms with Crippen LogP contribution in [0, 0.1) is 11.8 Å². The molecule has 0 aromatic carbocycles. The van der Waals surface area contributed by atoms with Crippen LogP contribution in [-0.2, 0) is 29.5 Å². The predicted molar refractivity (Wildman–Crippen MR) is 95.8 cm³/mol. The van der Waals surface area contributed by atoms with E-state index in [0.29, 0.717) is 19.6 Å². The molecule has 1 aliphatic heterocycles. The van der Waals surface area contributed by atoms with Crippen molar-refractivity contribution in [1.29, 1.82) is 0 Å². The van der Waals surface area contributed by atoms with E-state index in [0.717, 1.165) is 37.5 Å². The predicted octanol–water partition coefficient (Wildman–Crippen LogP) is 1.55. The van der Waals surface area contributed by atoms with E-state index >= 15 is 0 Å². The van der Waals surface area contributed by atoms with Crippen molar-refractivity contribution in [3.8, 4) is 0 Å². The molecule has 9 heteroatoms. The van der Waals surface area contributed by atoms with E-state index in [1.165, 1.54) is 19.0 Å². The van der Waals surface area contributed by atoms with Crippen molar-refractivity contribution in [2.45, 2.75) is 57.0 Å². The van der Waals surface area contributed by atoms with Crippen LogP contribution < -0.4 is 0 Å². The van der Waals surface area contributed by atoms with Crippen molar-refractivity contribution >= 4 is 10.0 Å². The molecule has 2 aliphatic rings. The van der Waals surface area contributed by atoms with E-state index in [9.17, 15) is 8.42 Å². The molecule has 4 rings (SSSR count). The van der Waals surface area contributed by atoms with Crippen molar-refractivity contribution in [2.75, 3.05) is 13.1 Å². The summed E-state index contributed by atoms with van der Waals surface area (Å²) in [7, 11) is -3.48. The molecule has 0 N–H and O–H groups in total. The Balaban J connectivity index is 1.44. The highest BCUT2D eigenvalue weighted by atomic mass is 32.2. The van der Waals surface area contributed by atoms with Gasteiger partial charge in [-0.1, -0.05) is 0 Å². The van der Waals surface area contributed by atoms with Crippen LogP contribution in [0.4, 0.5) is 0 Å². The first-order valence-electron chi connectivity index (χ1n) is 9.45. The summed E-state index contributed by atoms with van der Waals surface area (Å²) in [4.78, 5) is 0.289. The van der Waals surface area contributed by atoms with Crippen LogP contribution in [0.3, 0.4) is 0 Å². The summed E-state index contributed by atoms with van der Waals surface area (Å²) in [5.74, 6) is 2.03. The van der Waals surface area contributed by atoms with E-state index in [1.54, 1.807) is 15.2 Å². The zero-order chi connectivity index (χ0) is 18.1. The minimum atomic E-state index is -3.48. The molecule has 0 spiro atoms. The number of piperidine rings is 1. The van der Waals surface area contributed by atoms with Gasteiger partial charge in [0.15, 0.2) is 0 Å².